The number of methoxy groups -OCH3 is 1. The van der Waals surface area contributed by atoms with Crippen LogP contribution in [0.25, 0.3) is 0 Å². The Labute approximate surface area is 199 Å². The number of esters is 2. The van der Waals surface area contributed by atoms with Crippen molar-refractivity contribution in [3.8, 4) is 0 Å². The standard InChI is InChI=1S/C26H44O5S/c1-5-7-12-20(3)19-22(27)16-14-21-15-17-23(31-25(29)11-6-2)26(21)32-18-10-8-9-13-24(28)30-4/h14,16,20-22,27H,5-13,15,17-19H2,1-4H3/b16-14+/t20-,21+,22-/m1/s1. The average Bonchev–Trinajstić information content (AvgIpc) is 3.14. The smallest absolute Gasteiger partial charge is 0.310 e. The fourth-order valence-electron chi connectivity index (χ4n) is 3.87. The lowest BCUT2D eigenvalue weighted by atomic mass is 9.96. The molecule has 0 spiro atoms. The Balaban J connectivity index is 2.65. The third-order valence-corrected chi connectivity index (χ3v) is 7.09. The highest BCUT2D eigenvalue weighted by molar-refractivity contribution is 8.03. The van der Waals surface area contributed by atoms with E-state index in [-0.39, 0.29) is 17.9 Å². The summed E-state index contributed by atoms with van der Waals surface area (Å²) in [6, 6.07) is 0. The lowest BCUT2D eigenvalue weighted by Gasteiger charge is -2.15. The summed E-state index contributed by atoms with van der Waals surface area (Å²) in [6.07, 6.45) is 14.1. The monoisotopic (exact) mass is 468 g/mol. The van der Waals surface area contributed by atoms with Gasteiger partial charge in [-0.3, -0.25) is 9.59 Å². The van der Waals surface area contributed by atoms with Gasteiger partial charge >= 0.3 is 11.9 Å². The first-order valence-electron chi connectivity index (χ1n) is 12.4. The zero-order chi connectivity index (χ0) is 23.8. The van der Waals surface area contributed by atoms with Crippen molar-refractivity contribution in [1.82, 2.24) is 0 Å². The SMILES string of the molecule is CCCC[C@@H](C)C[C@H](O)/C=C/[C@H]1CCC(OC(=O)CCC)=C1SCCCCCC(=O)OC. The van der Waals surface area contributed by atoms with E-state index in [1.807, 2.05) is 13.0 Å². The van der Waals surface area contributed by atoms with Gasteiger partial charge in [-0.2, -0.15) is 0 Å². The van der Waals surface area contributed by atoms with Crippen LogP contribution in [0, 0.1) is 11.8 Å². The van der Waals surface area contributed by atoms with Crippen molar-refractivity contribution in [2.75, 3.05) is 12.9 Å². The van der Waals surface area contributed by atoms with Gasteiger partial charge in [-0.05, 0) is 43.8 Å². The summed E-state index contributed by atoms with van der Waals surface area (Å²) < 4.78 is 10.4. The molecule has 184 valence electrons. The van der Waals surface area contributed by atoms with Gasteiger partial charge in [-0.1, -0.05) is 58.6 Å². The zero-order valence-corrected chi connectivity index (χ0v) is 21.4. The van der Waals surface area contributed by atoms with Crippen LogP contribution in [-0.2, 0) is 19.1 Å². The number of thioether (sulfide) groups is 1. The van der Waals surface area contributed by atoms with E-state index in [4.69, 9.17) is 4.74 Å². The molecule has 0 saturated heterocycles. The van der Waals surface area contributed by atoms with Crippen LogP contribution >= 0.6 is 11.8 Å². The number of carbonyl (C=O) groups is 2. The third kappa shape index (κ3) is 12.1. The van der Waals surface area contributed by atoms with Gasteiger partial charge in [0.15, 0.2) is 0 Å². The molecule has 1 aliphatic rings. The topological polar surface area (TPSA) is 72.8 Å². The number of allylic oxidation sites excluding steroid dienone is 3. The van der Waals surface area contributed by atoms with Crippen molar-refractivity contribution in [3.05, 3.63) is 22.8 Å². The Morgan fingerprint density at radius 3 is 2.59 bits per heavy atom. The lowest BCUT2D eigenvalue weighted by Crippen LogP contribution is -2.09. The molecule has 0 fully saturated rings. The Bertz CT molecular complexity index is 613. The minimum absolute atomic E-state index is 0.158. The fourth-order valence-corrected chi connectivity index (χ4v) is 5.15. The summed E-state index contributed by atoms with van der Waals surface area (Å²) in [6.45, 7) is 6.37. The Kier molecular flexibility index (Phi) is 15.5. The number of unbranched alkanes of at least 4 members (excludes halogenated alkanes) is 3. The summed E-state index contributed by atoms with van der Waals surface area (Å²) in [5, 5.41) is 10.5. The Morgan fingerprint density at radius 2 is 1.91 bits per heavy atom. The van der Waals surface area contributed by atoms with Gasteiger partial charge in [0.2, 0.25) is 0 Å². The van der Waals surface area contributed by atoms with E-state index in [1.165, 1.54) is 20.0 Å². The van der Waals surface area contributed by atoms with Gasteiger partial charge in [0.05, 0.1) is 13.2 Å². The van der Waals surface area contributed by atoms with E-state index in [2.05, 4.69) is 24.7 Å². The van der Waals surface area contributed by atoms with Crippen molar-refractivity contribution < 1.29 is 24.2 Å². The van der Waals surface area contributed by atoms with E-state index in [9.17, 15) is 14.7 Å². The second-order valence-electron chi connectivity index (χ2n) is 8.83. The number of ether oxygens (including phenoxy) is 2. The molecule has 0 aromatic carbocycles. The van der Waals surface area contributed by atoms with E-state index < -0.39 is 6.10 Å². The predicted molar refractivity (Wildman–Crippen MR) is 132 cm³/mol. The first-order valence-corrected chi connectivity index (χ1v) is 13.4. The van der Waals surface area contributed by atoms with E-state index in [0.29, 0.717) is 18.8 Å². The van der Waals surface area contributed by atoms with Gasteiger partial charge in [-0.25, -0.2) is 0 Å². The van der Waals surface area contributed by atoms with Crippen LogP contribution in [0.4, 0.5) is 0 Å². The van der Waals surface area contributed by atoms with Crippen LogP contribution in [-0.4, -0.2) is 36.0 Å². The molecule has 0 saturated carbocycles. The van der Waals surface area contributed by atoms with E-state index >= 15 is 0 Å². The second-order valence-corrected chi connectivity index (χ2v) is 9.96. The largest absolute Gasteiger partial charge is 0.469 e. The summed E-state index contributed by atoms with van der Waals surface area (Å²) >= 11 is 1.75. The maximum Gasteiger partial charge on any atom is 0.310 e. The first kappa shape index (κ1) is 28.8. The van der Waals surface area contributed by atoms with E-state index in [1.54, 1.807) is 11.8 Å². The van der Waals surface area contributed by atoms with Crippen molar-refractivity contribution in [1.29, 1.82) is 0 Å². The molecule has 6 heteroatoms. The molecule has 3 atom stereocenters. The number of aliphatic hydroxyl groups excluding tert-OH is 1. The number of hydrogen-bond donors (Lipinski definition) is 1. The van der Waals surface area contributed by atoms with Crippen molar-refractivity contribution in [3.63, 3.8) is 0 Å². The maximum absolute atomic E-state index is 12.1. The fraction of sp³-hybridized carbons (Fsp3) is 0.769. The maximum atomic E-state index is 12.1. The second kappa shape index (κ2) is 17.2. The van der Waals surface area contributed by atoms with E-state index in [0.717, 1.165) is 67.8 Å². The van der Waals surface area contributed by atoms with Gasteiger partial charge in [0.1, 0.15) is 5.76 Å². The zero-order valence-electron chi connectivity index (χ0n) is 20.6. The quantitative estimate of drug-likeness (QED) is 0.148. The number of hydrogen-bond acceptors (Lipinski definition) is 6. The van der Waals surface area contributed by atoms with Gasteiger partial charge in [0.25, 0.3) is 0 Å². The molecule has 0 aliphatic heterocycles. The molecule has 1 aliphatic carbocycles. The highest BCUT2D eigenvalue weighted by atomic mass is 32.2. The normalized spacial score (nSPS) is 18.2. The van der Waals surface area contributed by atoms with Crippen molar-refractivity contribution in [2.24, 2.45) is 11.8 Å². The molecule has 32 heavy (non-hydrogen) atoms. The van der Waals surface area contributed by atoms with Crippen LogP contribution in [0.5, 0.6) is 0 Å². The lowest BCUT2D eigenvalue weighted by molar-refractivity contribution is -0.141. The number of aliphatic hydroxyl groups is 1. The Hall–Kier alpha value is -1.27. The van der Waals surface area contributed by atoms with Crippen LogP contribution in [0.2, 0.25) is 0 Å². The summed E-state index contributed by atoms with van der Waals surface area (Å²) in [5.41, 5.74) is 0. The Morgan fingerprint density at radius 1 is 1.12 bits per heavy atom. The van der Waals surface area contributed by atoms with Gasteiger partial charge < -0.3 is 14.6 Å². The molecule has 5 nitrogen and oxygen atoms in total. The summed E-state index contributed by atoms with van der Waals surface area (Å²) in [4.78, 5) is 24.4. The third-order valence-electron chi connectivity index (χ3n) is 5.76. The number of carbonyl (C=O) groups excluding carboxylic acids is 2. The highest BCUT2D eigenvalue weighted by Gasteiger charge is 2.27. The van der Waals surface area contributed by atoms with Gasteiger partial charge in [0, 0.05) is 30.1 Å². The molecule has 1 N–H and O–H groups in total. The van der Waals surface area contributed by atoms with Crippen LogP contribution in [0.1, 0.15) is 97.8 Å². The molecule has 1 rings (SSSR count). The minimum atomic E-state index is -0.432. The van der Waals surface area contributed by atoms with Crippen molar-refractivity contribution >= 4 is 23.7 Å². The average molecular weight is 469 g/mol. The molecule has 0 amide bonds. The highest BCUT2D eigenvalue weighted by Crippen LogP contribution is 2.41. The summed E-state index contributed by atoms with van der Waals surface area (Å²) in [5.74, 6) is 2.12. The molecule has 0 radical (unpaired) electrons. The molecular formula is C26H44O5S. The number of rotatable bonds is 17. The molecule has 0 unspecified atom stereocenters. The van der Waals surface area contributed by atoms with Crippen molar-refractivity contribution in [2.45, 2.75) is 104 Å². The molecule has 0 aromatic heterocycles. The minimum Gasteiger partial charge on any atom is -0.469 e. The molecule has 0 bridgehead atoms. The molecule has 0 aromatic rings. The predicted octanol–water partition coefficient (Wildman–Crippen LogP) is 6.55. The van der Waals surface area contributed by atoms with Crippen LogP contribution in [0.15, 0.2) is 22.8 Å². The van der Waals surface area contributed by atoms with Gasteiger partial charge in [-0.15, -0.1) is 11.8 Å². The van der Waals surface area contributed by atoms with Crippen LogP contribution in [0.3, 0.4) is 0 Å². The molecule has 0 heterocycles. The summed E-state index contributed by atoms with van der Waals surface area (Å²) in [7, 11) is 1.42. The molecular weight excluding hydrogens is 424 g/mol. The first-order chi connectivity index (χ1) is 15.4. The van der Waals surface area contributed by atoms with Crippen LogP contribution < -0.4 is 0 Å².